The van der Waals surface area contributed by atoms with Gasteiger partial charge >= 0.3 is 0 Å². The molecule has 0 amide bonds. The normalized spacial score (nSPS) is 12.4. The molecule has 1 atom stereocenters. The summed E-state index contributed by atoms with van der Waals surface area (Å²) in [5.74, 6) is -0.265. The topological polar surface area (TPSA) is 20.2 Å². The van der Waals surface area contributed by atoms with E-state index in [1.165, 1.54) is 12.1 Å². The van der Waals surface area contributed by atoms with Gasteiger partial charge in [0.1, 0.15) is 5.82 Å². The molecule has 0 fully saturated rings. The van der Waals surface area contributed by atoms with Crippen LogP contribution in [0.25, 0.3) is 0 Å². The van der Waals surface area contributed by atoms with Crippen LogP contribution in [0.2, 0.25) is 0 Å². The van der Waals surface area contributed by atoms with Gasteiger partial charge in [0.15, 0.2) is 0 Å². The Morgan fingerprint density at radius 2 is 1.94 bits per heavy atom. The summed E-state index contributed by atoms with van der Waals surface area (Å²) in [6.45, 7) is 2.01. The number of hydrogen-bond acceptors (Lipinski definition) is 1. The minimum Gasteiger partial charge on any atom is -0.388 e. The van der Waals surface area contributed by atoms with E-state index in [9.17, 15) is 9.50 Å². The fourth-order valence-corrected chi connectivity index (χ4v) is 2.64. The summed E-state index contributed by atoms with van der Waals surface area (Å²) in [5, 5.41) is 10.2. The third-order valence-electron chi connectivity index (χ3n) is 2.90. The predicted molar refractivity (Wildman–Crippen MR) is 79.0 cm³/mol. The second-order valence-corrected chi connectivity index (χ2v) is 5.41. The number of rotatable bonds is 3. The zero-order valence-electron chi connectivity index (χ0n) is 10.0. The maximum absolute atomic E-state index is 13.1. The Labute approximate surface area is 120 Å². The van der Waals surface area contributed by atoms with Gasteiger partial charge in [-0.25, -0.2) is 4.39 Å². The highest BCUT2D eigenvalue weighted by Gasteiger charge is 2.13. The van der Waals surface area contributed by atoms with Crippen LogP contribution in [-0.4, -0.2) is 5.11 Å². The Morgan fingerprint density at radius 3 is 2.67 bits per heavy atom. The molecular weight excluding hydrogens is 342 g/mol. The van der Waals surface area contributed by atoms with Crippen molar-refractivity contribution in [2.45, 2.75) is 19.4 Å². The van der Waals surface area contributed by atoms with Crippen LogP contribution in [0.5, 0.6) is 0 Å². The summed E-state index contributed by atoms with van der Waals surface area (Å²) in [7, 11) is 0. The molecule has 1 unspecified atom stereocenters. The van der Waals surface area contributed by atoms with Crippen molar-refractivity contribution >= 4 is 22.6 Å². The molecule has 0 spiro atoms. The van der Waals surface area contributed by atoms with E-state index in [1.54, 1.807) is 6.07 Å². The van der Waals surface area contributed by atoms with Gasteiger partial charge in [-0.1, -0.05) is 30.3 Å². The molecule has 1 N–H and O–H groups in total. The highest BCUT2D eigenvalue weighted by Crippen LogP contribution is 2.25. The van der Waals surface area contributed by atoms with Crippen molar-refractivity contribution in [2.75, 3.05) is 0 Å². The molecule has 3 heteroatoms. The van der Waals surface area contributed by atoms with Gasteiger partial charge in [-0.15, -0.1) is 0 Å². The smallest absolute Gasteiger partial charge is 0.123 e. The Kier molecular flexibility index (Phi) is 4.35. The SMILES string of the molecule is Cc1cccc(C(O)Cc2cccc(F)c2)c1I. The summed E-state index contributed by atoms with van der Waals surface area (Å²) >= 11 is 2.24. The average Bonchev–Trinajstić information content (AvgIpc) is 2.32. The highest BCUT2D eigenvalue weighted by atomic mass is 127. The summed E-state index contributed by atoms with van der Waals surface area (Å²) in [6, 6.07) is 12.2. The van der Waals surface area contributed by atoms with E-state index in [4.69, 9.17) is 0 Å². The summed E-state index contributed by atoms with van der Waals surface area (Å²) < 4.78 is 14.1. The van der Waals surface area contributed by atoms with Crippen LogP contribution in [0.15, 0.2) is 42.5 Å². The first kappa shape index (κ1) is 13.5. The van der Waals surface area contributed by atoms with Gasteiger partial charge in [0.05, 0.1) is 6.10 Å². The first-order chi connectivity index (χ1) is 8.58. The van der Waals surface area contributed by atoms with E-state index in [-0.39, 0.29) is 5.82 Å². The average molecular weight is 356 g/mol. The van der Waals surface area contributed by atoms with E-state index in [2.05, 4.69) is 22.6 Å². The van der Waals surface area contributed by atoms with Crippen molar-refractivity contribution < 1.29 is 9.50 Å². The molecule has 0 aliphatic rings. The second kappa shape index (κ2) is 5.80. The number of aryl methyl sites for hydroxylation is 1. The molecule has 0 aliphatic carbocycles. The number of aliphatic hydroxyl groups excluding tert-OH is 1. The van der Waals surface area contributed by atoms with Crippen LogP contribution in [0.4, 0.5) is 4.39 Å². The van der Waals surface area contributed by atoms with Crippen molar-refractivity contribution in [3.05, 3.63) is 68.5 Å². The third-order valence-corrected chi connectivity index (χ3v) is 4.37. The molecule has 0 saturated heterocycles. The van der Waals surface area contributed by atoms with Crippen molar-refractivity contribution in [1.29, 1.82) is 0 Å². The first-order valence-corrected chi connectivity index (χ1v) is 6.83. The fraction of sp³-hybridized carbons (Fsp3) is 0.200. The van der Waals surface area contributed by atoms with Crippen LogP contribution in [0.1, 0.15) is 22.8 Å². The molecule has 0 aromatic heterocycles. The largest absolute Gasteiger partial charge is 0.388 e. The molecule has 0 radical (unpaired) electrons. The lowest BCUT2D eigenvalue weighted by atomic mass is 10.00. The first-order valence-electron chi connectivity index (χ1n) is 5.75. The maximum Gasteiger partial charge on any atom is 0.123 e. The lowest BCUT2D eigenvalue weighted by molar-refractivity contribution is 0.177. The molecule has 0 saturated carbocycles. The number of halogens is 2. The van der Waals surface area contributed by atoms with Gasteiger partial charge in [0.2, 0.25) is 0 Å². The van der Waals surface area contributed by atoms with Gasteiger partial charge in [-0.05, 0) is 58.3 Å². The zero-order chi connectivity index (χ0) is 13.1. The minimum atomic E-state index is -0.599. The molecule has 18 heavy (non-hydrogen) atoms. The van der Waals surface area contributed by atoms with Crippen LogP contribution in [0, 0.1) is 16.3 Å². The minimum absolute atomic E-state index is 0.265. The Balaban J connectivity index is 2.22. The van der Waals surface area contributed by atoms with Crippen molar-refractivity contribution in [1.82, 2.24) is 0 Å². The number of hydrogen-bond donors (Lipinski definition) is 1. The maximum atomic E-state index is 13.1. The van der Waals surface area contributed by atoms with E-state index >= 15 is 0 Å². The van der Waals surface area contributed by atoms with E-state index in [0.717, 1.165) is 20.3 Å². The molecule has 2 aromatic carbocycles. The molecular formula is C15H14FIO. The summed E-state index contributed by atoms with van der Waals surface area (Å²) in [4.78, 5) is 0. The Morgan fingerprint density at radius 1 is 1.22 bits per heavy atom. The fourth-order valence-electron chi connectivity index (χ4n) is 1.92. The Hall–Kier alpha value is -0.940. The summed E-state index contributed by atoms with van der Waals surface area (Å²) in [5.41, 5.74) is 2.85. The lowest BCUT2D eigenvalue weighted by Crippen LogP contribution is -2.05. The molecule has 2 aromatic rings. The van der Waals surface area contributed by atoms with Crippen molar-refractivity contribution in [3.8, 4) is 0 Å². The van der Waals surface area contributed by atoms with Gasteiger partial charge in [0.25, 0.3) is 0 Å². The van der Waals surface area contributed by atoms with Crippen molar-refractivity contribution in [2.24, 2.45) is 0 Å². The van der Waals surface area contributed by atoms with E-state index in [0.29, 0.717) is 6.42 Å². The van der Waals surface area contributed by atoms with Crippen LogP contribution < -0.4 is 0 Å². The molecule has 0 aliphatic heterocycles. The summed E-state index contributed by atoms with van der Waals surface area (Å²) in [6.07, 6.45) is -0.171. The molecule has 94 valence electrons. The second-order valence-electron chi connectivity index (χ2n) is 4.33. The molecule has 0 bridgehead atoms. The van der Waals surface area contributed by atoms with Gasteiger partial charge in [-0.2, -0.15) is 0 Å². The Bertz CT molecular complexity index is 554. The highest BCUT2D eigenvalue weighted by molar-refractivity contribution is 14.1. The van der Waals surface area contributed by atoms with Crippen LogP contribution in [-0.2, 0) is 6.42 Å². The molecule has 2 rings (SSSR count). The lowest BCUT2D eigenvalue weighted by Gasteiger charge is -2.14. The number of benzene rings is 2. The van der Waals surface area contributed by atoms with Gasteiger partial charge in [0, 0.05) is 9.99 Å². The quantitative estimate of drug-likeness (QED) is 0.824. The zero-order valence-corrected chi connectivity index (χ0v) is 12.2. The van der Waals surface area contributed by atoms with E-state index in [1.807, 2.05) is 31.2 Å². The third kappa shape index (κ3) is 3.09. The monoisotopic (exact) mass is 356 g/mol. The molecule has 1 nitrogen and oxygen atoms in total. The number of aliphatic hydroxyl groups is 1. The molecule has 0 heterocycles. The van der Waals surface area contributed by atoms with E-state index < -0.39 is 6.10 Å². The van der Waals surface area contributed by atoms with Gasteiger partial charge in [-0.3, -0.25) is 0 Å². The van der Waals surface area contributed by atoms with Crippen molar-refractivity contribution in [3.63, 3.8) is 0 Å². The predicted octanol–water partition coefficient (Wildman–Crippen LogP) is 4.01. The van der Waals surface area contributed by atoms with Gasteiger partial charge < -0.3 is 5.11 Å². The van der Waals surface area contributed by atoms with Crippen LogP contribution in [0.3, 0.4) is 0 Å². The van der Waals surface area contributed by atoms with Crippen LogP contribution >= 0.6 is 22.6 Å². The standard InChI is InChI=1S/C15H14FIO/c1-10-4-2-7-13(15(10)17)14(18)9-11-5-3-6-12(16)8-11/h2-8,14,18H,9H2,1H3.